The zero-order valence-electron chi connectivity index (χ0n) is 12.0. The van der Waals surface area contributed by atoms with Gasteiger partial charge in [-0.1, -0.05) is 35.9 Å². The summed E-state index contributed by atoms with van der Waals surface area (Å²) in [7, 11) is 0. The number of aromatic nitrogens is 1. The first-order valence-electron chi connectivity index (χ1n) is 8.10. The van der Waals surface area contributed by atoms with Gasteiger partial charge in [-0.15, -0.1) is 0 Å². The third kappa shape index (κ3) is 1.69. The molecule has 2 nitrogen and oxygen atoms in total. The van der Waals surface area contributed by atoms with Crippen LogP contribution in [0.15, 0.2) is 35.4 Å². The minimum atomic E-state index is 0.633. The Hall–Kier alpha value is -1.25. The molecule has 3 aliphatic rings. The smallest absolute Gasteiger partial charge is 0.132 e. The summed E-state index contributed by atoms with van der Waals surface area (Å²) < 4.78 is 0. The normalized spacial score (nSPS) is 34.2. The zero-order chi connectivity index (χ0) is 14.0. The van der Waals surface area contributed by atoms with Crippen LogP contribution in [-0.4, -0.2) is 18.1 Å². The number of H-pyrrole nitrogens is 1. The Morgan fingerprint density at radius 1 is 1.24 bits per heavy atom. The number of hydrogen-bond acceptors (Lipinski definition) is 0. The Labute approximate surface area is 129 Å². The van der Waals surface area contributed by atoms with Crippen LogP contribution in [0.5, 0.6) is 0 Å². The number of nitrogens with one attached hydrogen (secondary N) is 2. The summed E-state index contributed by atoms with van der Waals surface area (Å²) in [5, 5.41) is 2.52. The highest BCUT2D eigenvalue weighted by Crippen LogP contribution is 2.43. The van der Waals surface area contributed by atoms with Crippen LogP contribution < -0.4 is 4.90 Å². The lowest BCUT2D eigenvalue weighted by Gasteiger charge is -2.30. The molecule has 1 saturated heterocycles. The molecule has 1 aromatic heterocycles. The average molecular weight is 300 g/mol. The quantitative estimate of drug-likeness (QED) is 0.746. The summed E-state index contributed by atoms with van der Waals surface area (Å²) in [6.45, 7) is 2.61. The van der Waals surface area contributed by atoms with Crippen molar-refractivity contribution in [3.05, 3.63) is 46.6 Å². The van der Waals surface area contributed by atoms with Gasteiger partial charge in [0.2, 0.25) is 0 Å². The van der Waals surface area contributed by atoms with Crippen LogP contribution >= 0.6 is 11.6 Å². The second-order valence-electron chi connectivity index (χ2n) is 6.92. The average Bonchev–Trinajstić information content (AvgIpc) is 3.04. The minimum absolute atomic E-state index is 0.633. The molecular formula is C18H20ClN2+. The summed E-state index contributed by atoms with van der Waals surface area (Å²) in [4.78, 5) is 5.53. The van der Waals surface area contributed by atoms with Crippen LogP contribution in [0.2, 0.25) is 0 Å². The number of benzene rings is 1. The van der Waals surface area contributed by atoms with Gasteiger partial charge in [0.1, 0.15) is 6.04 Å². The minimum Gasteiger partial charge on any atom is -0.353 e. The maximum Gasteiger partial charge on any atom is 0.132 e. The van der Waals surface area contributed by atoms with Crippen LogP contribution in [0.1, 0.15) is 30.1 Å². The molecule has 2 aromatic rings. The molecule has 2 N–H and O–H groups in total. The number of rotatable bonds is 0. The van der Waals surface area contributed by atoms with Gasteiger partial charge in [-0.3, -0.25) is 0 Å². The number of hydrogen-bond donors (Lipinski definition) is 2. The third-order valence-electron chi connectivity index (χ3n) is 5.92. The van der Waals surface area contributed by atoms with Crippen molar-refractivity contribution in [3.63, 3.8) is 0 Å². The van der Waals surface area contributed by atoms with Gasteiger partial charge in [0.25, 0.3) is 0 Å². The molecule has 0 saturated carbocycles. The second kappa shape index (κ2) is 4.37. The standard InChI is InChI=1S/C18H19ClN2/c19-12-6-5-11-10-21-8-7-14-13-3-1-2-4-16(13)20-17(14)18(21)15(11)9-12/h1-4,6,11,15,18,20H,5,7-10H2/p+1/t11-,15-,18-/m1/s1. The number of fused-ring (bicyclic) bond motifs is 7. The first-order valence-corrected chi connectivity index (χ1v) is 8.47. The fourth-order valence-corrected chi connectivity index (χ4v) is 5.30. The van der Waals surface area contributed by atoms with Gasteiger partial charge in [0, 0.05) is 34.2 Å². The van der Waals surface area contributed by atoms with E-state index in [9.17, 15) is 0 Å². The topological polar surface area (TPSA) is 20.2 Å². The molecule has 5 rings (SSSR count). The van der Waals surface area contributed by atoms with Crippen molar-refractivity contribution in [1.82, 2.24) is 4.98 Å². The van der Waals surface area contributed by atoms with Crippen molar-refractivity contribution < 1.29 is 4.90 Å². The van der Waals surface area contributed by atoms with Crippen LogP contribution in [0.25, 0.3) is 10.9 Å². The van der Waals surface area contributed by atoms with E-state index < -0.39 is 0 Å². The highest BCUT2D eigenvalue weighted by Gasteiger charge is 2.50. The highest BCUT2D eigenvalue weighted by molar-refractivity contribution is 6.29. The Morgan fingerprint density at radius 3 is 3.10 bits per heavy atom. The van der Waals surface area contributed by atoms with E-state index >= 15 is 0 Å². The van der Waals surface area contributed by atoms with Gasteiger partial charge in [0.05, 0.1) is 18.8 Å². The van der Waals surface area contributed by atoms with Crippen LogP contribution in [0.4, 0.5) is 0 Å². The molecule has 21 heavy (non-hydrogen) atoms. The number of allylic oxidation sites excluding steroid dienone is 2. The van der Waals surface area contributed by atoms with Gasteiger partial charge >= 0.3 is 0 Å². The second-order valence-corrected chi connectivity index (χ2v) is 7.40. The Bertz CT molecular complexity index is 745. The van der Waals surface area contributed by atoms with Crippen molar-refractivity contribution in [3.8, 4) is 0 Å². The van der Waals surface area contributed by atoms with Gasteiger partial charge < -0.3 is 9.88 Å². The summed E-state index contributed by atoms with van der Waals surface area (Å²) in [5.74, 6) is 1.55. The lowest BCUT2D eigenvalue weighted by atomic mass is 9.79. The Balaban J connectivity index is 1.65. The maximum atomic E-state index is 6.36. The van der Waals surface area contributed by atoms with Gasteiger partial charge in [-0.05, 0) is 24.5 Å². The highest BCUT2D eigenvalue weighted by atomic mass is 35.5. The molecule has 4 atom stereocenters. The van der Waals surface area contributed by atoms with Crippen molar-refractivity contribution in [2.75, 3.05) is 13.1 Å². The predicted molar refractivity (Wildman–Crippen MR) is 85.6 cm³/mol. The number of aromatic amines is 1. The van der Waals surface area contributed by atoms with Gasteiger partial charge in [0.15, 0.2) is 0 Å². The molecule has 1 aliphatic carbocycles. The lowest BCUT2D eigenvalue weighted by Crippen LogP contribution is -3.11. The number of para-hydroxylation sites is 1. The molecule has 0 spiro atoms. The molecule has 1 aromatic carbocycles. The van der Waals surface area contributed by atoms with Crippen molar-refractivity contribution in [2.45, 2.75) is 25.3 Å². The van der Waals surface area contributed by atoms with E-state index in [1.54, 1.807) is 10.5 Å². The molecule has 0 amide bonds. The fraction of sp³-hybridized carbons (Fsp3) is 0.444. The summed E-state index contributed by atoms with van der Waals surface area (Å²) in [6.07, 6.45) is 5.73. The van der Waals surface area contributed by atoms with E-state index in [2.05, 4.69) is 35.3 Å². The van der Waals surface area contributed by atoms with E-state index in [4.69, 9.17) is 11.6 Å². The van der Waals surface area contributed by atoms with Gasteiger partial charge in [-0.25, -0.2) is 0 Å². The fourth-order valence-electron chi connectivity index (χ4n) is 5.04. The van der Waals surface area contributed by atoms with E-state index in [0.717, 1.165) is 23.3 Å². The molecule has 0 radical (unpaired) electrons. The van der Waals surface area contributed by atoms with E-state index in [1.165, 1.54) is 42.5 Å². The molecule has 108 valence electrons. The van der Waals surface area contributed by atoms with E-state index in [-0.39, 0.29) is 0 Å². The SMILES string of the molecule is ClC1=CC[C@@H]2C[NH+]3CCc4c([nH]c5ccccc45)[C@H]3[C@@H]2C1. The third-order valence-corrected chi connectivity index (χ3v) is 6.23. The van der Waals surface area contributed by atoms with Crippen LogP contribution in [0, 0.1) is 11.8 Å². The van der Waals surface area contributed by atoms with Crippen molar-refractivity contribution in [2.24, 2.45) is 11.8 Å². The van der Waals surface area contributed by atoms with Crippen molar-refractivity contribution in [1.29, 1.82) is 0 Å². The number of quaternary nitrogens is 1. The summed E-state index contributed by atoms with van der Waals surface area (Å²) in [6, 6.07) is 9.41. The molecule has 1 fully saturated rings. The van der Waals surface area contributed by atoms with Gasteiger partial charge in [-0.2, -0.15) is 0 Å². The Kier molecular flexibility index (Phi) is 2.56. The molecule has 2 aliphatic heterocycles. The van der Waals surface area contributed by atoms with Crippen molar-refractivity contribution >= 4 is 22.5 Å². The molecule has 3 heterocycles. The van der Waals surface area contributed by atoms with E-state index in [1.807, 2.05) is 0 Å². The molecule has 3 heteroatoms. The maximum absolute atomic E-state index is 6.36. The lowest BCUT2D eigenvalue weighted by molar-refractivity contribution is -0.923. The predicted octanol–water partition coefficient (Wildman–Crippen LogP) is 2.81. The largest absolute Gasteiger partial charge is 0.353 e. The summed E-state index contributed by atoms with van der Waals surface area (Å²) >= 11 is 6.36. The monoisotopic (exact) mass is 299 g/mol. The molecule has 0 bridgehead atoms. The Morgan fingerprint density at radius 2 is 2.14 bits per heavy atom. The first-order chi connectivity index (χ1) is 10.3. The number of halogens is 1. The molecular weight excluding hydrogens is 280 g/mol. The molecule has 1 unspecified atom stereocenters. The first kappa shape index (κ1) is 12.3. The zero-order valence-corrected chi connectivity index (χ0v) is 12.8. The van der Waals surface area contributed by atoms with Crippen LogP contribution in [0.3, 0.4) is 0 Å². The van der Waals surface area contributed by atoms with E-state index in [0.29, 0.717) is 6.04 Å². The summed E-state index contributed by atoms with van der Waals surface area (Å²) in [5.41, 5.74) is 4.40. The van der Waals surface area contributed by atoms with Crippen LogP contribution in [-0.2, 0) is 6.42 Å².